The minimum absolute atomic E-state index is 0.0152. The van der Waals surface area contributed by atoms with Crippen molar-refractivity contribution in [1.82, 2.24) is 14.9 Å². The maximum atomic E-state index is 13.7. The lowest BCUT2D eigenvalue weighted by atomic mass is 9.89. The Bertz CT molecular complexity index is 1540. The number of hydrogen-bond acceptors (Lipinski definition) is 6. The molecule has 4 aromatic rings. The third kappa shape index (κ3) is 6.09. The van der Waals surface area contributed by atoms with E-state index in [1.165, 1.54) is 23.9 Å². The minimum Gasteiger partial charge on any atom is -0.381 e. The number of fused-ring (bicyclic) bond motifs is 1. The van der Waals surface area contributed by atoms with Crippen molar-refractivity contribution in [2.75, 3.05) is 23.7 Å². The van der Waals surface area contributed by atoms with E-state index >= 15 is 0 Å². The van der Waals surface area contributed by atoms with Crippen LogP contribution in [0.5, 0.6) is 0 Å². The number of aromatic nitrogens is 2. The smallest absolute Gasteiger partial charge is 0.141 e. The zero-order valence-corrected chi connectivity index (χ0v) is 23.3. The van der Waals surface area contributed by atoms with Crippen molar-refractivity contribution in [3.8, 4) is 6.07 Å². The molecule has 0 aliphatic carbocycles. The monoisotopic (exact) mass is 562 g/mol. The summed E-state index contributed by atoms with van der Waals surface area (Å²) in [7, 11) is 0. The average Bonchev–Trinajstić information content (AvgIpc) is 2.94. The summed E-state index contributed by atoms with van der Waals surface area (Å²) in [6.45, 7) is 7.29. The molecular formula is C30H29Cl2FN6. The van der Waals surface area contributed by atoms with Crippen LogP contribution in [0.4, 0.5) is 21.5 Å². The number of nitrogens with one attached hydrogen (secondary N) is 2. The lowest BCUT2D eigenvalue weighted by Crippen LogP contribution is -2.37. The fraction of sp³-hybridized carbons (Fsp3) is 0.300. The molecule has 0 radical (unpaired) electrons. The van der Waals surface area contributed by atoms with Crippen LogP contribution in [-0.4, -0.2) is 34.0 Å². The molecule has 2 aromatic heterocycles. The van der Waals surface area contributed by atoms with Crippen molar-refractivity contribution >= 4 is 51.2 Å². The second kappa shape index (κ2) is 11.7. The molecule has 1 fully saturated rings. The molecule has 0 bridgehead atoms. The number of rotatable bonds is 7. The second-order valence-corrected chi connectivity index (χ2v) is 11.0. The van der Waals surface area contributed by atoms with Crippen LogP contribution in [0.3, 0.4) is 0 Å². The molecule has 1 aliphatic rings. The summed E-state index contributed by atoms with van der Waals surface area (Å²) in [6.07, 6.45) is 7.61. The van der Waals surface area contributed by atoms with Crippen LogP contribution in [0, 0.1) is 17.1 Å². The number of nitriles is 1. The summed E-state index contributed by atoms with van der Waals surface area (Å²) in [5.41, 5.74) is 5.08. The number of likely N-dealkylation sites (tertiary alicyclic amines) is 1. The standard InChI is InChI=1S/C30H29Cl2FN6/c1-18(2)39-7-5-20(6-8-39)21-9-19(14-35-16-21)15-36-24-10-25-29(38-23-3-4-28(33)26(31)11-23)22(13-34)17-37-30(25)27(32)12-24/h3-4,9-12,14,16-18,20,36H,5-8,15H2,1-2H3,(H,37,38). The Balaban J connectivity index is 1.38. The normalized spacial score (nSPS) is 14.5. The Hall–Kier alpha value is -3.44. The number of pyridine rings is 2. The van der Waals surface area contributed by atoms with Crippen molar-refractivity contribution < 1.29 is 4.39 Å². The number of benzene rings is 2. The molecule has 2 N–H and O–H groups in total. The van der Waals surface area contributed by atoms with Crippen molar-refractivity contribution in [2.24, 2.45) is 0 Å². The lowest BCUT2D eigenvalue weighted by Gasteiger charge is -2.34. The van der Waals surface area contributed by atoms with Crippen molar-refractivity contribution in [3.63, 3.8) is 0 Å². The van der Waals surface area contributed by atoms with Gasteiger partial charge in [0.1, 0.15) is 11.9 Å². The number of anilines is 3. The summed E-state index contributed by atoms with van der Waals surface area (Å²) in [4.78, 5) is 11.4. The van der Waals surface area contributed by atoms with Gasteiger partial charge in [0.05, 0.1) is 26.8 Å². The molecule has 2 aromatic carbocycles. The van der Waals surface area contributed by atoms with Crippen molar-refractivity contribution in [1.29, 1.82) is 5.26 Å². The predicted molar refractivity (Wildman–Crippen MR) is 156 cm³/mol. The van der Waals surface area contributed by atoms with Crippen LogP contribution in [0.15, 0.2) is 55.0 Å². The summed E-state index contributed by atoms with van der Waals surface area (Å²) >= 11 is 12.6. The highest BCUT2D eigenvalue weighted by molar-refractivity contribution is 6.36. The van der Waals surface area contributed by atoms with Gasteiger partial charge in [-0.15, -0.1) is 0 Å². The molecular weight excluding hydrogens is 534 g/mol. The van der Waals surface area contributed by atoms with Gasteiger partial charge in [0, 0.05) is 47.9 Å². The maximum absolute atomic E-state index is 13.7. The number of halogens is 3. The Kier molecular flexibility index (Phi) is 8.18. The van der Waals surface area contributed by atoms with E-state index in [1.807, 2.05) is 24.5 Å². The van der Waals surface area contributed by atoms with Gasteiger partial charge in [-0.05, 0) is 87.2 Å². The van der Waals surface area contributed by atoms with Gasteiger partial charge in [-0.2, -0.15) is 5.26 Å². The van der Waals surface area contributed by atoms with Crippen LogP contribution in [0.25, 0.3) is 10.9 Å². The van der Waals surface area contributed by atoms with Crippen molar-refractivity contribution in [3.05, 3.63) is 87.5 Å². The fourth-order valence-corrected chi connectivity index (χ4v) is 5.53. The Morgan fingerprint density at radius 1 is 1.05 bits per heavy atom. The molecule has 0 unspecified atom stereocenters. The first-order chi connectivity index (χ1) is 18.8. The van der Waals surface area contributed by atoms with E-state index in [4.69, 9.17) is 23.2 Å². The highest BCUT2D eigenvalue weighted by Gasteiger charge is 2.22. The SMILES string of the molecule is CC(C)N1CCC(c2cncc(CNc3cc(Cl)c4ncc(C#N)c(Nc5ccc(F)c(Cl)c5)c4c3)c2)CC1. The zero-order valence-electron chi connectivity index (χ0n) is 21.8. The van der Waals surface area contributed by atoms with E-state index in [9.17, 15) is 9.65 Å². The van der Waals surface area contributed by atoms with Crippen LogP contribution in [0.1, 0.15) is 49.3 Å². The molecule has 0 spiro atoms. The van der Waals surface area contributed by atoms with Gasteiger partial charge in [-0.25, -0.2) is 4.39 Å². The number of piperidine rings is 1. The zero-order chi connectivity index (χ0) is 27.5. The van der Waals surface area contributed by atoms with E-state index in [1.54, 1.807) is 6.07 Å². The predicted octanol–water partition coefficient (Wildman–Crippen LogP) is 7.89. The first-order valence-corrected chi connectivity index (χ1v) is 13.7. The van der Waals surface area contributed by atoms with E-state index in [-0.39, 0.29) is 5.02 Å². The van der Waals surface area contributed by atoms with Gasteiger partial charge in [-0.3, -0.25) is 9.97 Å². The maximum Gasteiger partial charge on any atom is 0.141 e. The van der Waals surface area contributed by atoms with Crippen LogP contribution in [-0.2, 0) is 6.54 Å². The van der Waals surface area contributed by atoms with E-state index < -0.39 is 5.82 Å². The van der Waals surface area contributed by atoms with Gasteiger partial charge in [0.25, 0.3) is 0 Å². The van der Waals surface area contributed by atoms with E-state index in [0.29, 0.717) is 51.4 Å². The first-order valence-electron chi connectivity index (χ1n) is 13.0. The lowest BCUT2D eigenvalue weighted by molar-refractivity contribution is 0.172. The van der Waals surface area contributed by atoms with Crippen LogP contribution < -0.4 is 10.6 Å². The molecule has 3 heterocycles. The minimum atomic E-state index is -0.517. The topological polar surface area (TPSA) is 76.9 Å². The average molecular weight is 564 g/mol. The van der Waals surface area contributed by atoms with Gasteiger partial charge >= 0.3 is 0 Å². The number of nitrogens with zero attached hydrogens (tertiary/aromatic N) is 4. The molecule has 5 rings (SSSR count). The van der Waals surface area contributed by atoms with Crippen LogP contribution in [0.2, 0.25) is 10.0 Å². The van der Waals surface area contributed by atoms with Gasteiger partial charge in [0.15, 0.2) is 0 Å². The molecule has 6 nitrogen and oxygen atoms in total. The molecule has 0 atom stereocenters. The Labute approximate surface area is 237 Å². The van der Waals surface area contributed by atoms with Gasteiger partial charge in [-0.1, -0.05) is 29.3 Å². The molecule has 1 aliphatic heterocycles. The largest absolute Gasteiger partial charge is 0.381 e. The van der Waals surface area contributed by atoms with Gasteiger partial charge in [0.2, 0.25) is 0 Å². The summed E-state index contributed by atoms with van der Waals surface area (Å²) in [5, 5.41) is 17.5. The number of hydrogen-bond donors (Lipinski definition) is 2. The Morgan fingerprint density at radius 3 is 2.54 bits per heavy atom. The first kappa shape index (κ1) is 27.1. The summed E-state index contributed by atoms with van der Waals surface area (Å²) < 4.78 is 13.7. The Morgan fingerprint density at radius 2 is 1.82 bits per heavy atom. The van der Waals surface area contributed by atoms with E-state index in [0.717, 1.165) is 37.2 Å². The summed E-state index contributed by atoms with van der Waals surface area (Å²) in [5.74, 6) is 0.00283. The third-order valence-corrected chi connectivity index (χ3v) is 7.86. The molecule has 9 heteroatoms. The van der Waals surface area contributed by atoms with E-state index in [2.05, 4.69) is 51.5 Å². The van der Waals surface area contributed by atoms with Crippen LogP contribution >= 0.6 is 23.2 Å². The fourth-order valence-electron chi connectivity index (χ4n) is 5.08. The van der Waals surface area contributed by atoms with Gasteiger partial charge < -0.3 is 15.5 Å². The quantitative estimate of drug-likeness (QED) is 0.238. The highest BCUT2D eigenvalue weighted by Crippen LogP contribution is 2.36. The van der Waals surface area contributed by atoms with Crippen molar-refractivity contribution in [2.45, 2.75) is 45.2 Å². The molecule has 1 saturated heterocycles. The molecule has 0 amide bonds. The molecule has 200 valence electrons. The summed E-state index contributed by atoms with van der Waals surface area (Å²) in [6, 6.07) is 13.0. The second-order valence-electron chi connectivity index (χ2n) is 10.2. The molecule has 0 saturated carbocycles. The highest BCUT2D eigenvalue weighted by atomic mass is 35.5. The third-order valence-electron chi connectivity index (χ3n) is 7.28. The molecule has 39 heavy (non-hydrogen) atoms.